The highest BCUT2D eigenvalue weighted by Gasteiger charge is 2.07. The summed E-state index contributed by atoms with van der Waals surface area (Å²) in [5.74, 6) is 3.50. The molecular formula is C6H12NS2. The van der Waals surface area contributed by atoms with E-state index in [0.29, 0.717) is 0 Å². The molecule has 0 aromatic heterocycles. The first-order chi connectivity index (χ1) is 4.43. The van der Waals surface area contributed by atoms with Gasteiger partial charge in [0.05, 0.1) is 0 Å². The fraction of sp³-hybridized carbons (Fsp3) is 1.00. The Morgan fingerprint density at radius 1 is 1.33 bits per heavy atom. The van der Waals surface area contributed by atoms with Crippen molar-refractivity contribution in [3.63, 3.8) is 0 Å². The lowest BCUT2D eigenvalue weighted by atomic mass is 10.5. The minimum Gasteiger partial charge on any atom is -0.301 e. The first-order valence-corrected chi connectivity index (χ1v) is 5.05. The minimum absolute atomic E-state index is 0.894. The maximum Gasteiger partial charge on any atom is 0.0165 e. The van der Waals surface area contributed by atoms with Gasteiger partial charge >= 0.3 is 0 Å². The Bertz CT molecular complexity index is 68.7. The van der Waals surface area contributed by atoms with Crippen molar-refractivity contribution < 1.29 is 0 Å². The summed E-state index contributed by atoms with van der Waals surface area (Å²) >= 11 is 6.93. The molecule has 1 radical (unpaired) electrons. The van der Waals surface area contributed by atoms with Crippen LogP contribution in [0, 0.1) is 0 Å². The van der Waals surface area contributed by atoms with Crippen molar-refractivity contribution in [1.82, 2.24) is 4.90 Å². The predicted molar refractivity (Wildman–Crippen MR) is 46.2 cm³/mol. The SMILES string of the molecule is [S]CCN1CCSCC1. The van der Waals surface area contributed by atoms with E-state index in [1.807, 2.05) is 11.8 Å². The fourth-order valence-corrected chi connectivity index (χ4v) is 2.19. The molecule has 9 heavy (non-hydrogen) atoms. The third kappa shape index (κ3) is 2.83. The van der Waals surface area contributed by atoms with Crippen LogP contribution in [0.3, 0.4) is 0 Å². The van der Waals surface area contributed by atoms with Crippen LogP contribution in [-0.2, 0) is 0 Å². The lowest BCUT2D eigenvalue weighted by Gasteiger charge is -2.24. The third-order valence-corrected chi connectivity index (χ3v) is 2.64. The summed E-state index contributed by atoms with van der Waals surface area (Å²) in [7, 11) is 0. The molecule has 0 aromatic carbocycles. The number of nitrogens with zero attached hydrogens (tertiary/aromatic N) is 1. The van der Waals surface area contributed by atoms with Crippen molar-refractivity contribution >= 4 is 24.4 Å². The monoisotopic (exact) mass is 162 g/mol. The first kappa shape index (κ1) is 7.76. The minimum atomic E-state index is 0.894. The number of thioether (sulfide) groups is 1. The molecule has 0 aliphatic carbocycles. The largest absolute Gasteiger partial charge is 0.301 e. The molecule has 0 saturated carbocycles. The van der Waals surface area contributed by atoms with E-state index < -0.39 is 0 Å². The topological polar surface area (TPSA) is 3.24 Å². The standard InChI is InChI=1S/C6H12NS2/c8-4-1-7-2-5-9-6-3-7/h1-6H2. The van der Waals surface area contributed by atoms with E-state index in [4.69, 9.17) is 12.6 Å². The zero-order chi connectivity index (χ0) is 6.53. The summed E-state index contributed by atoms with van der Waals surface area (Å²) in [6, 6.07) is 0. The lowest BCUT2D eigenvalue weighted by Crippen LogP contribution is -2.33. The number of rotatable bonds is 2. The van der Waals surface area contributed by atoms with Crippen LogP contribution in [0.25, 0.3) is 0 Å². The smallest absolute Gasteiger partial charge is 0.0165 e. The molecule has 1 saturated heterocycles. The van der Waals surface area contributed by atoms with Gasteiger partial charge in [-0.25, -0.2) is 0 Å². The van der Waals surface area contributed by atoms with Crippen LogP contribution in [0.2, 0.25) is 0 Å². The highest BCUT2D eigenvalue weighted by Crippen LogP contribution is 2.08. The summed E-state index contributed by atoms with van der Waals surface area (Å²) in [5, 5.41) is 0. The van der Waals surface area contributed by atoms with Gasteiger partial charge in [-0.05, 0) is 0 Å². The van der Waals surface area contributed by atoms with Crippen molar-refractivity contribution in [3.05, 3.63) is 0 Å². The molecule has 0 unspecified atom stereocenters. The van der Waals surface area contributed by atoms with Crippen LogP contribution in [0.15, 0.2) is 0 Å². The van der Waals surface area contributed by atoms with Gasteiger partial charge in [0.2, 0.25) is 0 Å². The summed E-state index contributed by atoms with van der Waals surface area (Å²) in [6.07, 6.45) is 0. The van der Waals surface area contributed by atoms with E-state index in [1.165, 1.54) is 24.6 Å². The summed E-state index contributed by atoms with van der Waals surface area (Å²) in [6.45, 7) is 3.62. The molecule has 0 spiro atoms. The molecule has 0 aromatic rings. The molecular weight excluding hydrogens is 150 g/mol. The highest BCUT2D eigenvalue weighted by molar-refractivity contribution is 7.99. The second-order valence-corrected chi connectivity index (χ2v) is 3.79. The lowest BCUT2D eigenvalue weighted by molar-refractivity contribution is 0.322. The van der Waals surface area contributed by atoms with Gasteiger partial charge in [0, 0.05) is 36.9 Å². The maximum atomic E-state index is 4.88. The van der Waals surface area contributed by atoms with Gasteiger partial charge in [0.15, 0.2) is 0 Å². The quantitative estimate of drug-likeness (QED) is 0.601. The van der Waals surface area contributed by atoms with Crippen molar-refractivity contribution in [2.24, 2.45) is 0 Å². The fourth-order valence-electron chi connectivity index (χ4n) is 0.954. The van der Waals surface area contributed by atoms with E-state index in [2.05, 4.69) is 4.90 Å². The van der Waals surface area contributed by atoms with E-state index in [1.54, 1.807) is 0 Å². The van der Waals surface area contributed by atoms with Gasteiger partial charge in [-0.2, -0.15) is 11.8 Å². The molecule has 53 valence electrons. The average Bonchev–Trinajstić information content (AvgIpc) is 1.91. The predicted octanol–water partition coefficient (Wildman–Crippen LogP) is 1.23. The molecule has 0 atom stereocenters. The molecule has 1 fully saturated rings. The molecule has 0 amide bonds. The van der Waals surface area contributed by atoms with Crippen LogP contribution in [-0.4, -0.2) is 41.8 Å². The molecule has 0 N–H and O–H groups in total. The van der Waals surface area contributed by atoms with Crippen molar-refractivity contribution in [3.8, 4) is 0 Å². The Kier molecular flexibility index (Phi) is 3.86. The zero-order valence-corrected chi connectivity index (χ0v) is 7.14. The van der Waals surface area contributed by atoms with Crippen molar-refractivity contribution in [2.75, 3.05) is 36.9 Å². The molecule has 1 rings (SSSR count). The van der Waals surface area contributed by atoms with Gasteiger partial charge < -0.3 is 4.90 Å². The zero-order valence-electron chi connectivity index (χ0n) is 5.51. The number of hydrogen-bond donors (Lipinski definition) is 0. The van der Waals surface area contributed by atoms with Crippen LogP contribution in [0.1, 0.15) is 0 Å². The van der Waals surface area contributed by atoms with Gasteiger partial charge in [-0.3, -0.25) is 0 Å². The summed E-state index contributed by atoms with van der Waals surface area (Å²) in [5.41, 5.74) is 0. The molecule has 3 heteroatoms. The Balaban J connectivity index is 2.08. The van der Waals surface area contributed by atoms with Crippen LogP contribution in [0.4, 0.5) is 0 Å². The Labute approximate surface area is 66.6 Å². The number of hydrogen-bond acceptors (Lipinski definition) is 2. The van der Waals surface area contributed by atoms with Gasteiger partial charge in [-0.15, -0.1) is 0 Å². The van der Waals surface area contributed by atoms with E-state index >= 15 is 0 Å². The van der Waals surface area contributed by atoms with E-state index in [-0.39, 0.29) is 0 Å². The van der Waals surface area contributed by atoms with Gasteiger partial charge in [0.1, 0.15) is 0 Å². The third-order valence-electron chi connectivity index (χ3n) is 1.51. The first-order valence-electron chi connectivity index (χ1n) is 3.31. The maximum absolute atomic E-state index is 4.88. The Morgan fingerprint density at radius 3 is 2.56 bits per heavy atom. The molecule has 1 nitrogen and oxygen atoms in total. The highest BCUT2D eigenvalue weighted by atomic mass is 32.2. The molecule has 1 aliphatic rings. The van der Waals surface area contributed by atoms with Crippen LogP contribution in [0.5, 0.6) is 0 Å². The second kappa shape index (κ2) is 4.47. The molecule has 1 aliphatic heterocycles. The molecule has 0 bridgehead atoms. The van der Waals surface area contributed by atoms with Crippen LogP contribution < -0.4 is 0 Å². The summed E-state index contributed by atoms with van der Waals surface area (Å²) in [4.78, 5) is 2.45. The average molecular weight is 162 g/mol. The van der Waals surface area contributed by atoms with Crippen molar-refractivity contribution in [2.45, 2.75) is 0 Å². The normalized spacial score (nSPS) is 22.3. The van der Waals surface area contributed by atoms with Gasteiger partial charge in [-0.1, -0.05) is 12.6 Å². The van der Waals surface area contributed by atoms with Crippen molar-refractivity contribution in [1.29, 1.82) is 0 Å². The van der Waals surface area contributed by atoms with Gasteiger partial charge in [0.25, 0.3) is 0 Å². The molecule has 1 heterocycles. The summed E-state index contributed by atoms with van der Waals surface area (Å²) < 4.78 is 0. The second-order valence-electron chi connectivity index (χ2n) is 2.16. The van der Waals surface area contributed by atoms with Crippen LogP contribution >= 0.6 is 24.4 Å². The Hall–Kier alpha value is 0.660. The Morgan fingerprint density at radius 2 is 2.00 bits per heavy atom. The van der Waals surface area contributed by atoms with E-state index in [9.17, 15) is 0 Å². The van der Waals surface area contributed by atoms with E-state index in [0.717, 1.165) is 12.3 Å².